The van der Waals surface area contributed by atoms with E-state index in [2.05, 4.69) is 5.32 Å². The molecule has 2 aromatic carbocycles. The SMILES string of the molecule is C[C@H](Oc1ccc(C#N)cc1)C(=O)OCC(=O)Nc1ccc(N2CCCC2=O)cc1. The molecular formula is C22H21N3O5. The lowest BCUT2D eigenvalue weighted by molar-refractivity contribution is -0.153. The number of nitrogens with one attached hydrogen (secondary N) is 1. The molecular weight excluding hydrogens is 386 g/mol. The fourth-order valence-electron chi connectivity index (χ4n) is 2.96. The maximum atomic E-state index is 12.0. The van der Waals surface area contributed by atoms with E-state index in [9.17, 15) is 14.4 Å². The monoisotopic (exact) mass is 407 g/mol. The molecule has 0 bridgehead atoms. The number of anilines is 2. The van der Waals surface area contributed by atoms with Crippen molar-refractivity contribution in [1.29, 1.82) is 5.26 Å². The predicted molar refractivity (Wildman–Crippen MR) is 109 cm³/mol. The van der Waals surface area contributed by atoms with Crippen LogP contribution in [0.3, 0.4) is 0 Å². The Morgan fingerprint density at radius 2 is 1.87 bits per heavy atom. The van der Waals surface area contributed by atoms with Gasteiger partial charge in [0.05, 0.1) is 11.6 Å². The van der Waals surface area contributed by atoms with Gasteiger partial charge >= 0.3 is 5.97 Å². The molecule has 30 heavy (non-hydrogen) atoms. The van der Waals surface area contributed by atoms with Gasteiger partial charge in [0.25, 0.3) is 5.91 Å². The lowest BCUT2D eigenvalue weighted by Gasteiger charge is -2.16. The lowest BCUT2D eigenvalue weighted by atomic mass is 10.2. The topological polar surface area (TPSA) is 109 Å². The summed E-state index contributed by atoms with van der Waals surface area (Å²) in [7, 11) is 0. The summed E-state index contributed by atoms with van der Waals surface area (Å²) < 4.78 is 10.4. The van der Waals surface area contributed by atoms with E-state index in [0.29, 0.717) is 30.0 Å². The van der Waals surface area contributed by atoms with Crippen LogP contribution in [-0.2, 0) is 19.1 Å². The molecule has 0 unspecified atom stereocenters. The van der Waals surface area contributed by atoms with Crippen molar-refractivity contribution < 1.29 is 23.9 Å². The van der Waals surface area contributed by atoms with Gasteiger partial charge in [-0.25, -0.2) is 4.79 Å². The number of amides is 2. The van der Waals surface area contributed by atoms with Gasteiger partial charge in [0.15, 0.2) is 12.7 Å². The third-order valence-electron chi connectivity index (χ3n) is 4.51. The fraction of sp³-hybridized carbons (Fsp3) is 0.273. The molecule has 2 amide bonds. The minimum absolute atomic E-state index is 0.0936. The Morgan fingerprint density at radius 3 is 2.47 bits per heavy atom. The van der Waals surface area contributed by atoms with Crippen LogP contribution in [0, 0.1) is 11.3 Å². The third-order valence-corrected chi connectivity index (χ3v) is 4.51. The molecule has 8 heteroatoms. The summed E-state index contributed by atoms with van der Waals surface area (Å²) in [5, 5.41) is 11.4. The fourth-order valence-corrected chi connectivity index (χ4v) is 2.96. The number of nitriles is 1. The summed E-state index contributed by atoms with van der Waals surface area (Å²) in [5.41, 5.74) is 1.80. The average molecular weight is 407 g/mol. The highest BCUT2D eigenvalue weighted by Gasteiger charge is 2.21. The summed E-state index contributed by atoms with van der Waals surface area (Å²) in [5.74, 6) is -0.660. The number of esters is 1. The number of hydrogen-bond acceptors (Lipinski definition) is 6. The molecule has 1 atom stereocenters. The molecule has 0 radical (unpaired) electrons. The van der Waals surface area contributed by atoms with Crippen LogP contribution in [0.1, 0.15) is 25.3 Å². The zero-order chi connectivity index (χ0) is 21.5. The minimum atomic E-state index is -0.914. The summed E-state index contributed by atoms with van der Waals surface area (Å²) in [4.78, 5) is 37.6. The summed E-state index contributed by atoms with van der Waals surface area (Å²) in [6.45, 7) is 1.76. The number of benzene rings is 2. The molecule has 8 nitrogen and oxygen atoms in total. The van der Waals surface area contributed by atoms with Crippen molar-refractivity contribution in [1.82, 2.24) is 0 Å². The second kappa shape index (κ2) is 9.56. The first kappa shape index (κ1) is 20.9. The third kappa shape index (κ3) is 5.35. The van der Waals surface area contributed by atoms with Crippen LogP contribution in [0.2, 0.25) is 0 Å². The van der Waals surface area contributed by atoms with Crippen molar-refractivity contribution >= 4 is 29.2 Å². The highest BCUT2D eigenvalue weighted by atomic mass is 16.6. The van der Waals surface area contributed by atoms with Crippen LogP contribution in [0.25, 0.3) is 0 Å². The normalized spacial score (nSPS) is 14.0. The summed E-state index contributed by atoms with van der Waals surface area (Å²) in [6, 6.07) is 15.2. The Balaban J connectivity index is 1.44. The highest BCUT2D eigenvalue weighted by Crippen LogP contribution is 2.23. The first-order chi connectivity index (χ1) is 14.5. The van der Waals surface area contributed by atoms with E-state index in [1.807, 2.05) is 6.07 Å². The van der Waals surface area contributed by atoms with E-state index in [1.165, 1.54) is 6.92 Å². The molecule has 1 heterocycles. The van der Waals surface area contributed by atoms with E-state index >= 15 is 0 Å². The Bertz CT molecular complexity index is 964. The molecule has 0 aliphatic carbocycles. The zero-order valence-electron chi connectivity index (χ0n) is 16.5. The largest absolute Gasteiger partial charge is 0.479 e. The molecule has 1 aliphatic heterocycles. The van der Waals surface area contributed by atoms with E-state index in [1.54, 1.807) is 53.4 Å². The second-order valence-corrected chi connectivity index (χ2v) is 6.75. The highest BCUT2D eigenvalue weighted by molar-refractivity contribution is 5.96. The summed E-state index contributed by atoms with van der Waals surface area (Å²) in [6.07, 6.45) is 0.482. The van der Waals surface area contributed by atoms with Gasteiger partial charge in [-0.1, -0.05) is 0 Å². The minimum Gasteiger partial charge on any atom is -0.479 e. The Kier molecular flexibility index (Phi) is 6.65. The first-order valence-corrected chi connectivity index (χ1v) is 9.50. The smallest absolute Gasteiger partial charge is 0.347 e. The quantitative estimate of drug-likeness (QED) is 0.707. The van der Waals surface area contributed by atoms with Crippen molar-refractivity contribution in [2.75, 3.05) is 23.4 Å². The number of rotatable bonds is 7. The van der Waals surface area contributed by atoms with E-state index in [-0.39, 0.29) is 5.91 Å². The van der Waals surface area contributed by atoms with Gasteiger partial charge < -0.3 is 19.7 Å². The number of carbonyl (C=O) groups excluding carboxylic acids is 3. The standard InChI is InChI=1S/C22H21N3O5/c1-15(30-19-10-4-16(13-23)5-11-19)22(28)29-14-20(26)24-17-6-8-18(9-7-17)25-12-2-3-21(25)27/h4-11,15H,2-3,12,14H2,1H3,(H,24,26)/t15-/m0/s1. The van der Waals surface area contributed by atoms with Crippen LogP contribution >= 0.6 is 0 Å². The number of ether oxygens (including phenoxy) is 2. The maximum Gasteiger partial charge on any atom is 0.347 e. The summed E-state index contributed by atoms with van der Waals surface area (Å²) >= 11 is 0. The molecule has 1 fully saturated rings. The van der Waals surface area contributed by atoms with Gasteiger partial charge in [-0.15, -0.1) is 0 Å². The Labute approximate surface area is 174 Å². The average Bonchev–Trinajstić information content (AvgIpc) is 3.19. The number of carbonyl (C=O) groups is 3. The van der Waals surface area contributed by atoms with Crippen molar-refractivity contribution in [3.8, 4) is 11.8 Å². The first-order valence-electron chi connectivity index (χ1n) is 9.50. The molecule has 0 spiro atoms. The molecule has 0 aromatic heterocycles. The van der Waals surface area contributed by atoms with Crippen molar-refractivity contribution in [3.63, 3.8) is 0 Å². The van der Waals surface area contributed by atoms with Gasteiger partial charge in [0.2, 0.25) is 5.91 Å². The van der Waals surface area contributed by atoms with Crippen molar-refractivity contribution in [3.05, 3.63) is 54.1 Å². The second-order valence-electron chi connectivity index (χ2n) is 6.75. The van der Waals surface area contributed by atoms with Crippen LogP contribution in [-0.4, -0.2) is 37.0 Å². The van der Waals surface area contributed by atoms with Gasteiger partial charge in [0, 0.05) is 24.3 Å². The number of hydrogen-bond donors (Lipinski definition) is 1. The van der Waals surface area contributed by atoms with Crippen LogP contribution in [0.15, 0.2) is 48.5 Å². The van der Waals surface area contributed by atoms with E-state index in [0.717, 1.165) is 12.1 Å². The van der Waals surface area contributed by atoms with Gasteiger partial charge in [-0.3, -0.25) is 9.59 Å². The van der Waals surface area contributed by atoms with Crippen LogP contribution in [0.4, 0.5) is 11.4 Å². The van der Waals surface area contributed by atoms with Crippen molar-refractivity contribution in [2.45, 2.75) is 25.9 Å². The molecule has 154 valence electrons. The van der Waals surface area contributed by atoms with Crippen LogP contribution in [0.5, 0.6) is 5.75 Å². The van der Waals surface area contributed by atoms with E-state index in [4.69, 9.17) is 14.7 Å². The lowest BCUT2D eigenvalue weighted by Crippen LogP contribution is -2.29. The Hall–Kier alpha value is -3.86. The van der Waals surface area contributed by atoms with Gasteiger partial charge in [0.1, 0.15) is 5.75 Å². The maximum absolute atomic E-state index is 12.0. The van der Waals surface area contributed by atoms with Gasteiger partial charge in [-0.05, 0) is 61.9 Å². The molecule has 1 saturated heterocycles. The molecule has 2 aromatic rings. The molecule has 1 aliphatic rings. The number of nitrogens with zero attached hydrogens (tertiary/aromatic N) is 2. The van der Waals surface area contributed by atoms with E-state index < -0.39 is 24.6 Å². The predicted octanol–water partition coefficient (Wildman–Crippen LogP) is 2.63. The van der Waals surface area contributed by atoms with Gasteiger partial charge in [-0.2, -0.15) is 5.26 Å². The molecule has 0 saturated carbocycles. The molecule has 1 N–H and O–H groups in total. The van der Waals surface area contributed by atoms with Crippen molar-refractivity contribution in [2.24, 2.45) is 0 Å². The molecule has 3 rings (SSSR count). The Morgan fingerprint density at radius 1 is 1.17 bits per heavy atom. The van der Waals surface area contributed by atoms with Crippen LogP contribution < -0.4 is 15.0 Å². The zero-order valence-corrected chi connectivity index (χ0v) is 16.5.